The van der Waals surface area contributed by atoms with Gasteiger partial charge in [-0.15, -0.1) is 0 Å². The molecule has 0 aliphatic rings. The van der Waals surface area contributed by atoms with Gasteiger partial charge in [-0.25, -0.2) is 4.39 Å². The van der Waals surface area contributed by atoms with Crippen LogP contribution in [0.25, 0.3) is 0 Å². The van der Waals surface area contributed by atoms with Crippen molar-refractivity contribution in [2.45, 2.75) is 57.8 Å². The molecular weight excluding hydrogens is 491 g/mol. The van der Waals surface area contributed by atoms with Crippen molar-refractivity contribution in [1.82, 2.24) is 21.3 Å². The maximum absolute atomic E-state index is 13.6. The Morgan fingerprint density at radius 3 is 1.97 bits per heavy atom. The van der Waals surface area contributed by atoms with E-state index >= 15 is 0 Å². The number of hydrogen-bond donors (Lipinski definition) is 8. The molecule has 0 unspecified atom stereocenters. The number of nitrogens with zero attached hydrogens (tertiary/aromatic N) is 1. The molecule has 0 saturated carbocycles. The Hall–Kier alpha value is -4.43. The highest BCUT2D eigenvalue weighted by atomic mass is 19.1. The van der Waals surface area contributed by atoms with Crippen LogP contribution in [0, 0.1) is 5.82 Å². The molecule has 15 heteroatoms. The van der Waals surface area contributed by atoms with Crippen molar-refractivity contribution in [3.63, 3.8) is 0 Å². The van der Waals surface area contributed by atoms with Crippen LogP contribution >= 0.6 is 0 Å². The van der Waals surface area contributed by atoms with Gasteiger partial charge in [-0.1, -0.05) is 0 Å². The van der Waals surface area contributed by atoms with Crippen LogP contribution in [0.1, 0.15) is 44.0 Å². The van der Waals surface area contributed by atoms with Gasteiger partial charge in [0.2, 0.25) is 23.6 Å². The molecule has 1 rings (SSSR count). The Morgan fingerprint density at radius 1 is 0.892 bits per heavy atom. The molecule has 0 bridgehead atoms. The smallest absolute Gasteiger partial charge is 0.255 e. The predicted molar refractivity (Wildman–Crippen MR) is 131 cm³/mol. The number of guanidine groups is 1. The van der Waals surface area contributed by atoms with Crippen molar-refractivity contribution < 1.29 is 33.5 Å². The zero-order chi connectivity index (χ0) is 28.3. The van der Waals surface area contributed by atoms with Gasteiger partial charge < -0.3 is 43.6 Å². The molecule has 14 nitrogen and oxygen atoms in total. The zero-order valence-electron chi connectivity index (χ0n) is 20.7. The molecule has 0 radical (unpaired) electrons. The number of phenols is 1. The molecular formula is C22H33FN8O6. The van der Waals surface area contributed by atoms with Crippen molar-refractivity contribution in [1.29, 1.82) is 0 Å². The number of amides is 5. The number of rotatable bonds is 13. The summed E-state index contributed by atoms with van der Waals surface area (Å²) in [5.41, 5.74) is 15.3. The summed E-state index contributed by atoms with van der Waals surface area (Å²) in [5.74, 6) is -5.28. The molecule has 11 N–H and O–H groups in total. The average Bonchev–Trinajstić information content (AvgIpc) is 2.81. The van der Waals surface area contributed by atoms with E-state index in [0.717, 1.165) is 18.2 Å². The number of benzene rings is 1. The SMILES string of the molecule is C[C@H](NC(=O)[C@H](C)NC(=O)[C@H](C)NC(=O)[C@H](CCCN=C(N)N)NC(=O)c1cc(F)ccc1O)C(N)=O. The lowest BCUT2D eigenvalue weighted by Crippen LogP contribution is -2.56. The summed E-state index contributed by atoms with van der Waals surface area (Å²) >= 11 is 0. The Kier molecular flexibility index (Phi) is 11.7. The molecule has 1 aromatic carbocycles. The Labute approximate surface area is 212 Å². The molecule has 0 aromatic heterocycles. The predicted octanol–water partition coefficient (Wildman–Crippen LogP) is -2.32. The van der Waals surface area contributed by atoms with E-state index in [4.69, 9.17) is 17.2 Å². The summed E-state index contributed by atoms with van der Waals surface area (Å²) in [6, 6.07) is -1.61. The minimum Gasteiger partial charge on any atom is -0.507 e. The van der Waals surface area contributed by atoms with Crippen LogP contribution in [0.4, 0.5) is 4.39 Å². The highest BCUT2D eigenvalue weighted by molar-refractivity contribution is 6.00. The number of aliphatic imine (C=N–C) groups is 1. The highest BCUT2D eigenvalue weighted by Crippen LogP contribution is 2.18. The second-order valence-electron chi connectivity index (χ2n) is 8.23. The van der Waals surface area contributed by atoms with E-state index < -0.39 is 70.8 Å². The lowest BCUT2D eigenvalue weighted by atomic mass is 10.1. The largest absolute Gasteiger partial charge is 0.507 e. The molecule has 0 aliphatic heterocycles. The molecule has 0 spiro atoms. The van der Waals surface area contributed by atoms with Gasteiger partial charge in [-0.3, -0.25) is 29.0 Å². The lowest BCUT2D eigenvalue weighted by Gasteiger charge is -2.23. The normalized spacial score (nSPS) is 13.7. The van der Waals surface area contributed by atoms with Crippen LogP contribution in [-0.2, 0) is 19.2 Å². The molecule has 0 fully saturated rings. The standard InChI is InChI=1S/C22H33FN8O6/c1-10(17(24)33)28-18(34)11(2)29-19(35)12(3)30-21(37)15(5-4-8-27-22(25)26)31-20(36)14-9-13(23)6-7-16(14)32/h6-7,9-12,15,32H,4-5,8H2,1-3H3,(H2,24,33)(H,28,34)(H,29,35)(H,30,37)(H,31,36)(H4,25,26,27)/t10-,11-,12-,15-/m0/s1. The van der Waals surface area contributed by atoms with Gasteiger partial charge in [-0.2, -0.15) is 0 Å². The van der Waals surface area contributed by atoms with Crippen LogP contribution in [0.5, 0.6) is 5.75 Å². The molecule has 37 heavy (non-hydrogen) atoms. The summed E-state index contributed by atoms with van der Waals surface area (Å²) in [6.07, 6.45) is 0.282. The van der Waals surface area contributed by atoms with Gasteiger partial charge in [0.15, 0.2) is 5.96 Å². The number of hydrogen-bond acceptors (Lipinski definition) is 7. The van der Waals surface area contributed by atoms with Crippen molar-refractivity contribution >= 4 is 35.5 Å². The number of nitrogens with one attached hydrogen (secondary N) is 4. The second kappa shape index (κ2) is 14.2. The van der Waals surface area contributed by atoms with E-state index in [-0.39, 0.29) is 25.3 Å². The maximum Gasteiger partial charge on any atom is 0.255 e. The van der Waals surface area contributed by atoms with Crippen LogP contribution in [0.15, 0.2) is 23.2 Å². The quantitative estimate of drug-likeness (QED) is 0.0789. The van der Waals surface area contributed by atoms with Gasteiger partial charge in [0.05, 0.1) is 5.56 Å². The van der Waals surface area contributed by atoms with Crippen molar-refractivity contribution in [3.05, 3.63) is 29.6 Å². The van der Waals surface area contributed by atoms with E-state index in [9.17, 15) is 33.5 Å². The second-order valence-corrected chi connectivity index (χ2v) is 8.23. The first-order valence-electron chi connectivity index (χ1n) is 11.3. The fourth-order valence-electron chi connectivity index (χ4n) is 2.89. The molecule has 0 saturated heterocycles. The summed E-state index contributed by atoms with van der Waals surface area (Å²) < 4.78 is 13.6. The van der Waals surface area contributed by atoms with Crippen molar-refractivity contribution in [2.75, 3.05) is 6.54 Å². The average molecular weight is 525 g/mol. The zero-order valence-corrected chi connectivity index (χ0v) is 20.7. The first kappa shape index (κ1) is 30.6. The first-order valence-corrected chi connectivity index (χ1v) is 11.3. The Morgan fingerprint density at radius 2 is 1.43 bits per heavy atom. The van der Waals surface area contributed by atoms with E-state index in [1.54, 1.807) is 0 Å². The number of phenolic OH excluding ortho intramolecular Hbond substituents is 1. The molecule has 1 aromatic rings. The minimum absolute atomic E-state index is 0.0303. The third-order valence-corrected chi connectivity index (χ3v) is 5.06. The molecule has 5 amide bonds. The van der Waals surface area contributed by atoms with E-state index in [2.05, 4.69) is 26.3 Å². The van der Waals surface area contributed by atoms with Crippen molar-refractivity contribution in [3.8, 4) is 5.75 Å². The minimum atomic E-state index is -1.21. The van der Waals surface area contributed by atoms with Gasteiger partial charge in [0.1, 0.15) is 35.7 Å². The molecule has 0 heterocycles. The van der Waals surface area contributed by atoms with E-state index in [1.807, 2.05) is 0 Å². The van der Waals surface area contributed by atoms with Crippen LogP contribution in [-0.4, -0.2) is 71.3 Å². The number of carbonyl (C=O) groups is 5. The number of aromatic hydroxyl groups is 1. The van der Waals surface area contributed by atoms with Crippen molar-refractivity contribution in [2.24, 2.45) is 22.2 Å². The molecule has 4 atom stereocenters. The Bertz CT molecular complexity index is 1050. The third kappa shape index (κ3) is 10.4. The number of nitrogens with two attached hydrogens (primary N) is 3. The topological polar surface area (TPSA) is 244 Å². The van der Waals surface area contributed by atoms with Gasteiger partial charge >= 0.3 is 0 Å². The highest BCUT2D eigenvalue weighted by Gasteiger charge is 2.27. The maximum atomic E-state index is 13.6. The number of carbonyl (C=O) groups excluding carboxylic acids is 5. The summed E-state index contributed by atoms with van der Waals surface area (Å²) in [4.78, 5) is 65.0. The summed E-state index contributed by atoms with van der Waals surface area (Å²) in [6.45, 7) is 4.23. The Balaban J connectivity index is 2.88. The number of halogens is 1. The molecule has 204 valence electrons. The van der Waals surface area contributed by atoms with E-state index in [0.29, 0.717) is 0 Å². The summed E-state index contributed by atoms with van der Waals surface area (Å²) in [5, 5.41) is 19.4. The van der Waals surface area contributed by atoms with Crippen LogP contribution in [0.3, 0.4) is 0 Å². The molecule has 0 aliphatic carbocycles. The van der Waals surface area contributed by atoms with Gasteiger partial charge in [-0.05, 0) is 51.8 Å². The number of primary amides is 1. The van der Waals surface area contributed by atoms with Gasteiger partial charge in [0.25, 0.3) is 5.91 Å². The summed E-state index contributed by atoms with van der Waals surface area (Å²) in [7, 11) is 0. The van der Waals surface area contributed by atoms with E-state index in [1.165, 1.54) is 20.8 Å². The fourth-order valence-corrected chi connectivity index (χ4v) is 2.89. The fraction of sp³-hybridized carbons (Fsp3) is 0.455. The van der Waals surface area contributed by atoms with Gasteiger partial charge in [0, 0.05) is 6.54 Å². The lowest BCUT2D eigenvalue weighted by molar-refractivity contribution is -0.133. The first-order chi connectivity index (χ1) is 17.2. The van der Waals surface area contributed by atoms with Crippen LogP contribution in [0.2, 0.25) is 0 Å². The monoisotopic (exact) mass is 524 g/mol. The third-order valence-electron chi connectivity index (χ3n) is 5.06. The van der Waals surface area contributed by atoms with Crippen LogP contribution < -0.4 is 38.5 Å².